The van der Waals surface area contributed by atoms with E-state index in [4.69, 9.17) is 14.8 Å². The van der Waals surface area contributed by atoms with Crippen LogP contribution in [0.4, 0.5) is 0 Å². The maximum absolute atomic E-state index is 12.7. The van der Waals surface area contributed by atoms with Gasteiger partial charge in [0.05, 0.1) is 25.4 Å². The maximum Gasteiger partial charge on any atom is 0.472 e. The highest BCUT2D eigenvalue weighted by atomic mass is 31.2. The zero-order chi connectivity index (χ0) is 34.0. The molecule has 0 radical (unpaired) electrons. The second-order valence-electron chi connectivity index (χ2n) is 11.7. The molecule has 3 unspecified atom stereocenters. The number of carbonyl (C=O) groups excluding carboxylic acids is 1. The van der Waals surface area contributed by atoms with Crippen molar-refractivity contribution in [3.63, 3.8) is 0 Å². The number of aliphatic hydroxyl groups excluding tert-OH is 1. The van der Waals surface area contributed by atoms with Crippen molar-refractivity contribution in [3.05, 3.63) is 60.8 Å². The van der Waals surface area contributed by atoms with Gasteiger partial charge in [-0.25, -0.2) is 4.57 Å². The van der Waals surface area contributed by atoms with Gasteiger partial charge in [-0.2, -0.15) is 0 Å². The molecule has 0 aromatic rings. The third-order valence-corrected chi connectivity index (χ3v) is 8.29. The highest BCUT2D eigenvalue weighted by Gasteiger charge is 2.26. The fourth-order valence-electron chi connectivity index (χ4n) is 4.61. The molecule has 0 saturated heterocycles. The first-order chi connectivity index (χ1) is 22.4. The summed E-state index contributed by atoms with van der Waals surface area (Å²) in [4.78, 5) is 22.5. The summed E-state index contributed by atoms with van der Waals surface area (Å²) >= 11 is 0. The van der Waals surface area contributed by atoms with Crippen LogP contribution in [0, 0.1) is 0 Å². The van der Waals surface area contributed by atoms with Crippen LogP contribution in [-0.2, 0) is 18.4 Å². The molecule has 1 amide bonds. The van der Waals surface area contributed by atoms with E-state index in [9.17, 15) is 19.4 Å². The van der Waals surface area contributed by atoms with Crippen LogP contribution in [0.1, 0.15) is 136 Å². The number of nitrogens with one attached hydrogen (secondary N) is 1. The molecular formula is C37H67N2O6P. The Morgan fingerprint density at radius 3 is 1.89 bits per heavy atom. The lowest BCUT2D eigenvalue weighted by Gasteiger charge is -2.23. The molecule has 3 atom stereocenters. The zero-order valence-electron chi connectivity index (χ0n) is 29.0. The van der Waals surface area contributed by atoms with Gasteiger partial charge in [0.2, 0.25) is 5.91 Å². The van der Waals surface area contributed by atoms with Gasteiger partial charge in [0, 0.05) is 13.0 Å². The molecular weight excluding hydrogens is 599 g/mol. The first-order valence-electron chi connectivity index (χ1n) is 17.9. The van der Waals surface area contributed by atoms with Crippen molar-refractivity contribution in [1.82, 2.24) is 5.32 Å². The second-order valence-corrected chi connectivity index (χ2v) is 13.1. The van der Waals surface area contributed by atoms with Crippen molar-refractivity contribution < 1.29 is 28.4 Å². The molecule has 0 spiro atoms. The molecule has 9 heteroatoms. The van der Waals surface area contributed by atoms with Gasteiger partial charge in [0.1, 0.15) is 0 Å². The number of hydrogen-bond acceptors (Lipinski definition) is 6. The first-order valence-corrected chi connectivity index (χ1v) is 19.4. The first kappa shape index (κ1) is 44.2. The van der Waals surface area contributed by atoms with Crippen molar-refractivity contribution in [2.24, 2.45) is 5.73 Å². The van der Waals surface area contributed by atoms with Gasteiger partial charge in [-0.05, 0) is 70.6 Å². The number of phosphoric acid groups is 1. The lowest BCUT2D eigenvalue weighted by Crippen LogP contribution is -2.45. The Balaban J connectivity index is 4.36. The van der Waals surface area contributed by atoms with Crippen LogP contribution in [0.2, 0.25) is 0 Å². The predicted molar refractivity (Wildman–Crippen MR) is 193 cm³/mol. The van der Waals surface area contributed by atoms with Crippen molar-refractivity contribution in [3.8, 4) is 0 Å². The van der Waals surface area contributed by atoms with E-state index < -0.39 is 20.0 Å². The summed E-state index contributed by atoms with van der Waals surface area (Å²) in [5.74, 6) is -0.223. The molecule has 266 valence electrons. The van der Waals surface area contributed by atoms with Gasteiger partial charge in [0.25, 0.3) is 0 Å². The van der Waals surface area contributed by atoms with Crippen LogP contribution < -0.4 is 11.1 Å². The summed E-state index contributed by atoms with van der Waals surface area (Å²) in [7, 11) is -4.34. The van der Waals surface area contributed by atoms with E-state index >= 15 is 0 Å². The Bertz CT molecular complexity index is 902. The van der Waals surface area contributed by atoms with Crippen molar-refractivity contribution >= 4 is 13.7 Å². The van der Waals surface area contributed by atoms with Crippen LogP contribution in [-0.4, -0.2) is 47.8 Å². The topological polar surface area (TPSA) is 131 Å². The fourth-order valence-corrected chi connectivity index (χ4v) is 5.37. The Labute approximate surface area is 281 Å². The summed E-state index contributed by atoms with van der Waals surface area (Å²) in [6, 6.07) is -0.887. The number of unbranched alkanes of at least 4 members (excludes halogenated alkanes) is 12. The predicted octanol–water partition coefficient (Wildman–Crippen LogP) is 9.16. The van der Waals surface area contributed by atoms with E-state index in [1.54, 1.807) is 6.08 Å². The summed E-state index contributed by atoms with van der Waals surface area (Å²) < 4.78 is 21.9. The fraction of sp³-hybridized carbons (Fsp3) is 0.703. The molecule has 0 fully saturated rings. The van der Waals surface area contributed by atoms with Crippen LogP contribution in [0.5, 0.6) is 0 Å². The van der Waals surface area contributed by atoms with Gasteiger partial charge in [0.15, 0.2) is 0 Å². The third kappa shape index (κ3) is 30.8. The standard InChI is InChI=1S/C37H67N2O6P/c1-3-5-7-9-11-13-15-16-17-18-19-20-21-23-25-27-29-31-37(41)39-35(34-45-46(42,43)44-33-32-38)36(40)30-28-26-24-22-14-12-10-8-6-4-2/h6,8,11,13-14,16-17,22,28,30,35-36,40H,3-5,7,9-10,12,15,18-21,23-27,29,31-34,38H2,1-2H3,(H,39,41)(H,42,43)/b8-6+,13-11-,17-16-,22-14+,30-28+. The molecule has 0 aromatic heterocycles. The molecule has 0 saturated carbocycles. The second kappa shape index (κ2) is 33.1. The Morgan fingerprint density at radius 2 is 1.28 bits per heavy atom. The smallest absolute Gasteiger partial charge is 0.387 e. The molecule has 0 rings (SSSR count). The van der Waals surface area contributed by atoms with Gasteiger partial charge in [-0.3, -0.25) is 13.8 Å². The molecule has 0 aliphatic rings. The van der Waals surface area contributed by atoms with Gasteiger partial charge >= 0.3 is 7.82 Å². The molecule has 8 nitrogen and oxygen atoms in total. The Hall–Kier alpha value is -1.80. The summed E-state index contributed by atoms with van der Waals surface area (Å²) in [5.41, 5.74) is 5.34. The lowest BCUT2D eigenvalue weighted by molar-refractivity contribution is -0.123. The molecule has 0 heterocycles. The number of phosphoric ester groups is 1. The number of carbonyl (C=O) groups is 1. The van der Waals surface area contributed by atoms with E-state index in [1.807, 2.05) is 6.08 Å². The van der Waals surface area contributed by atoms with Crippen LogP contribution in [0.25, 0.3) is 0 Å². The van der Waals surface area contributed by atoms with E-state index in [-0.39, 0.29) is 25.7 Å². The van der Waals surface area contributed by atoms with E-state index in [0.29, 0.717) is 6.42 Å². The molecule has 5 N–H and O–H groups in total. The highest BCUT2D eigenvalue weighted by Crippen LogP contribution is 2.43. The quantitative estimate of drug-likeness (QED) is 0.0320. The Kier molecular flexibility index (Phi) is 31.8. The molecule has 46 heavy (non-hydrogen) atoms. The normalized spacial score (nSPS) is 15.2. The minimum absolute atomic E-state index is 0.0675. The van der Waals surface area contributed by atoms with Crippen LogP contribution in [0.15, 0.2) is 60.8 Å². The molecule has 0 aromatic carbocycles. The highest BCUT2D eigenvalue weighted by molar-refractivity contribution is 7.47. The molecule has 0 bridgehead atoms. The largest absolute Gasteiger partial charge is 0.472 e. The summed E-state index contributed by atoms with van der Waals surface area (Å²) in [6.07, 6.45) is 39.9. The van der Waals surface area contributed by atoms with E-state index in [0.717, 1.165) is 70.6 Å². The summed E-state index contributed by atoms with van der Waals surface area (Å²) in [6.45, 7) is 3.91. The number of rotatable bonds is 32. The van der Waals surface area contributed by atoms with Crippen molar-refractivity contribution in [2.45, 2.75) is 148 Å². The van der Waals surface area contributed by atoms with Crippen LogP contribution >= 0.6 is 7.82 Å². The van der Waals surface area contributed by atoms with Gasteiger partial charge < -0.3 is 21.1 Å². The molecule has 0 aliphatic heterocycles. The number of nitrogens with two attached hydrogens (primary N) is 1. The van der Waals surface area contributed by atoms with E-state index in [1.165, 1.54) is 44.9 Å². The van der Waals surface area contributed by atoms with Crippen molar-refractivity contribution in [1.29, 1.82) is 0 Å². The average molecular weight is 667 g/mol. The minimum atomic E-state index is -4.34. The summed E-state index contributed by atoms with van der Waals surface area (Å²) in [5, 5.41) is 13.5. The third-order valence-electron chi connectivity index (χ3n) is 7.30. The lowest BCUT2D eigenvalue weighted by atomic mass is 10.1. The molecule has 0 aliphatic carbocycles. The van der Waals surface area contributed by atoms with Gasteiger partial charge in [-0.1, -0.05) is 120 Å². The Morgan fingerprint density at radius 1 is 0.739 bits per heavy atom. The van der Waals surface area contributed by atoms with Gasteiger partial charge in [-0.15, -0.1) is 0 Å². The average Bonchev–Trinajstić information content (AvgIpc) is 3.04. The monoisotopic (exact) mass is 666 g/mol. The number of amides is 1. The SMILES string of the molecule is CC/C=C/CC/C=C/CC/C=C/C(O)C(COP(=O)(O)OCCN)NC(=O)CCCCCCCCC/C=C\C/C=C\CCCCC. The number of hydrogen-bond donors (Lipinski definition) is 4. The zero-order valence-corrected chi connectivity index (χ0v) is 29.9. The maximum atomic E-state index is 12.7. The number of aliphatic hydroxyl groups is 1. The van der Waals surface area contributed by atoms with Crippen LogP contribution in [0.3, 0.4) is 0 Å². The van der Waals surface area contributed by atoms with E-state index in [2.05, 4.69) is 67.8 Å². The minimum Gasteiger partial charge on any atom is -0.387 e. The number of allylic oxidation sites excluding steroid dienone is 9. The van der Waals surface area contributed by atoms with Crippen molar-refractivity contribution in [2.75, 3.05) is 19.8 Å².